The predicted molar refractivity (Wildman–Crippen MR) is 133 cm³/mol. The lowest BCUT2D eigenvalue weighted by atomic mass is 10.1. The number of hydrogen-bond donors (Lipinski definition) is 1. The van der Waals surface area contributed by atoms with Crippen LogP contribution in [0.1, 0.15) is 46.4 Å². The molecule has 2 amide bonds. The topological polar surface area (TPSA) is 67.9 Å². The first kappa shape index (κ1) is 23.4. The third-order valence-corrected chi connectivity index (χ3v) is 5.76. The molecular weight excluding hydrogens is 428 g/mol. The van der Waals surface area contributed by atoms with Crippen molar-refractivity contribution < 1.29 is 19.1 Å². The van der Waals surface area contributed by atoms with Gasteiger partial charge in [0.2, 0.25) is 0 Å². The van der Waals surface area contributed by atoms with E-state index in [9.17, 15) is 9.59 Å². The molecule has 3 aromatic carbocycles. The zero-order valence-corrected chi connectivity index (χ0v) is 19.2. The Hall–Kier alpha value is -3.80. The molecule has 6 nitrogen and oxygen atoms in total. The van der Waals surface area contributed by atoms with Crippen molar-refractivity contribution in [2.45, 2.75) is 25.7 Å². The molecule has 0 aromatic heterocycles. The minimum Gasteiger partial charge on any atom is -0.490 e. The van der Waals surface area contributed by atoms with Gasteiger partial charge in [-0.2, -0.15) is 0 Å². The molecule has 176 valence electrons. The van der Waals surface area contributed by atoms with Gasteiger partial charge in [-0.05, 0) is 55.3 Å². The van der Waals surface area contributed by atoms with Crippen molar-refractivity contribution >= 4 is 17.5 Å². The van der Waals surface area contributed by atoms with Crippen LogP contribution in [0.25, 0.3) is 0 Å². The first-order chi connectivity index (χ1) is 16.7. The number of para-hydroxylation sites is 2. The molecule has 0 bridgehead atoms. The maximum absolute atomic E-state index is 13.1. The lowest BCUT2D eigenvalue weighted by molar-refractivity contribution is 0.0762. The van der Waals surface area contributed by atoms with Crippen LogP contribution in [0.5, 0.6) is 11.5 Å². The van der Waals surface area contributed by atoms with Gasteiger partial charge in [0.1, 0.15) is 24.7 Å². The molecule has 0 unspecified atom stereocenters. The molecule has 1 fully saturated rings. The quantitative estimate of drug-likeness (QED) is 0.458. The molecule has 6 heteroatoms. The van der Waals surface area contributed by atoms with Gasteiger partial charge >= 0.3 is 0 Å². The maximum Gasteiger partial charge on any atom is 0.255 e. The summed E-state index contributed by atoms with van der Waals surface area (Å²) in [6, 6.07) is 23.7. The number of ether oxygens (including phenoxy) is 2. The normalized spacial score (nSPS) is 13.6. The standard InChI is InChI=1S/C28H30N2O4/c31-27(22-11-10-14-24(21-22)34-20-19-33-23-12-4-3-5-13-23)29-26-16-7-6-15-25(26)28(32)30-17-8-1-2-9-18-30/h3-7,10-16,21H,1-2,8-9,17-20H2,(H,29,31). The predicted octanol–water partition coefficient (Wildman–Crippen LogP) is 5.41. The van der Waals surface area contributed by atoms with Crippen LogP contribution in [0, 0.1) is 0 Å². The molecule has 34 heavy (non-hydrogen) atoms. The van der Waals surface area contributed by atoms with Crippen molar-refractivity contribution in [1.29, 1.82) is 0 Å². The summed E-state index contributed by atoms with van der Waals surface area (Å²) >= 11 is 0. The van der Waals surface area contributed by atoms with E-state index >= 15 is 0 Å². The van der Waals surface area contributed by atoms with Crippen LogP contribution >= 0.6 is 0 Å². The second-order valence-electron chi connectivity index (χ2n) is 8.24. The number of likely N-dealkylation sites (tertiary alicyclic amines) is 1. The van der Waals surface area contributed by atoms with E-state index in [-0.39, 0.29) is 11.8 Å². The Kier molecular flexibility index (Phi) is 8.17. The highest BCUT2D eigenvalue weighted by molar-refractivity contribution is 6.09. The van der Waals surface area contributed by atoms with Crippen LogP contribution in [-0.4, -0.2) is 43.0 Å². The second kappa shape index (κ2) is 11.9. The molecule has 0 aliphatic carbocycles. The largest absolute Gasteiger partial charge is 0.490 e. The molecular formula is C28H30N2O4. The molecule has 0 saturated carbocycles. The summed E-state index contributed by atoms with van der Waals surface area (Å²) in [7, 11) is 0. The SMILES string of the molecule is O=C(Nc1ccccc1C(=O)N1CCCCCC1)c1cccc(OCCOc2ccccc2)c1. The zero-order chi connectivity index (χ0) is 23.6. The summed E-state index contributed by atoms with van der Waals surface area (Å²) in [5.41, 5.74) is 1.49. The number of hydrogen-bond acceptors (Lipinski definition) is 4. The van der Waals surface area contributed by atoms with E-state index in [4.69, 9.17) is 9.47 Å². The van der Waals surface area contributed by atoms with Crippen molar-refractivity contribution in [1.82, 2.24) is 4.90 Å². The fraction of sp³-hybridized carbons (Fsp3) is 0.286. The van der Waals surface area contributed by atoms with Crippen LogP contribution in [0.4, 0.5) is 5.69 Å². The summed E-state index contributed by atoms with van der Waals surface area (Å²) in [6.07, 6.45) is 4.34. The minimum absolute atomic E-state index is 0.0340. The van der Waals surface area contributed by atoms with Crippen LogP contribution in [0.15, 0.2) is 78.9 Å². The summed E-state index contributed by atoms with van der Waals surface area (Å²) in [6.45, 7) is 2.27. The summed E-state index contributed by atoms with van der Waals surface area (Å²) in [5, 5.41) is 2.91. The number of nitrogens with one attached hydrogen (secondary N) is 1. The highest BCUT2D eigenvalue weighted by Gasteiger charge is 2.21. The molecule has 1 N–H and O–H groups in total. The molecule has 0 atom stereocenters. The van der Waals surface area contributed by atoms with Crippen LogP contribution < -0.4 is 14.8 Å². The van der Waals surface area contributed by atoms with Crippen molar-refractivity contribution in [3.05, 3.63) is 90.0 Å². The van der Waals surface area contributed by atoms with Gasteiger partial charge in [0, 0.05) is 18.7 Å². The Morgan fingerprint density at radius 3 is 2.15 bits per heavy atom. The molecule has 1 heterocycles. The van der Waals surface area contributed by atoms with Crippen molar-refractivity contribution in [3.8, 4) is 11.5 Å². The first-order valence-electron chi connectivity index (χ1n) is 11.8. The number of amides is 2. The fourth-order valence-corrected chi connectivity index (χ4v) is 3.98. The van der Waals surface area contributed by atoms with Gasteiger partial charge in [-0.25, -0.2) is 0 Å². The molecule has 1 aliphatic rings. The van der Waals surface area contributed by atoms with Gasteiger partial charge in [0.15, 0.2) is 0 Å². The van der Waals surface area contributed by atoms with E-state index in [0.29, 0.717) is 35.8 Å². The number of anilines is 1. The van der Waals surface area contributed by atoms with E-state index in [1.807, 2.05) is 47.4 Å². The minimum atomic E-state index is -0.290. The average Bonchev–Trinajstić information content (AvgIpc) is 3.17. The van der Waals surface area contributed by atoms with Crippen LogP contribution in [-0.2, 0) is 0 Å². The molecule has 4 rings (SSSR count). The summed E-state index contributed by atoms with van der Waals surface area (Å²) in [5.74, 6) is 1.04. The zero-order valence-electron chi connectivity index (χ0n) is 19.2. The molecule has 1 aliphatic heterocycles. The van der Waals surface area contributed by atoms with Crippen molar-refractivity contribution in [2.24, 2.45) is 0 Å². The smallest absolute Gasteiger partial charge is 0.255 e. The van der Waals surface area contributed by atoms with E-state index in [2.05, 4.69) is 5.32 Å². The van der Waals surface area contributed by atoms with Gasteiger partial charge in [-0.1, -0.05) is 49.2 Å². The number of benzene rings is 3. The van der Waals surface area contributed by atoms with E-state index < -0.39 is 0 Å². The van der Waals surface area contributed by atoms with E-state index in [0.717, 1.165) is 44.5 Å². The number of carbonyl (C=O) groups excluding carboxylic acids is 2. The third kappa shape index (κ3) is 6.38. The van der Waals surface area contributed by atoms with Crippen molar-refractivity contribution in [2.75, 3.05) is 31.6 Å². The van der Waals surface area contributed by atoms with E-state index in [1.54, 1.807) is 36.4 Å². The number of nitrogens with zero attached hydrogens (tertiary/aromatic N) is 1. The molecule has 0 spiro atoms. The Balaban J connectivity index is 1.37. The molecule has 0 radical (unpaired) electrons. The summed E-state index contributed by atoms with van der Waals surface area (Å²) in [4.78, 5) is 28.0. The van der Waals surface area contributed by atoms with Crippen LogP contribution in [0.2, 0.25) is 0 Å². The maximum atomic E-state index is 13.1. The van der Waals surface area contributed by atoms with Gasteiger partial charge in [-0.3, -0.25) is 9.59 Å². The molecule has 3 aromatic rings. The van der Waals surface area contributed by atoms with Crippen LogP contribution in [0.3, 0.4) is 0 Å². The monoisotopic (exact) mass is 458 g/mol. The highest BCUT2D eigenvalue weighted by atomic mass is 16.5. The highest BCUT2D eigenvalue weighted by Crippen LogP contribution is 2.22. The third-order valence-electron chi connectivity index (χ3n) is 5.76. The average molecular weight is 459 g/mol. The first-order valence-corrected chi connectivity index (χ1v) is 11.8. The second-order valence-corrected chi connectivity index (χ2v) is 8.24. The van der Waals surface area contributed by atoms with Gasteiger partial charge in [-0.15, -0.1) is 0 Å². The lowest BCUT2D eigenvalue weighted by Gasteiger charge is -2.22. The summed E-state index contributed by atoms with van der Waals surface area (Å²) < 4.78 is 11.4. The Bertz CT molecular complexity index is 1090. The van der Waals surface area contributed by atoms with Gasteiger partial charge in [0.05, 0.1) is 11.3 Å². The van der Waals surface area contributed by atoms with Gasteiger partial charge in [0.25, 0.3) is 11.8 Å². The fourth-order valence-electron chi connectivity index (χ4n) is 3.98. The Labute approximate surface area is 200 Å². The van der Waals surface area contributed by atoms with Crippen molar-refractivity contribution in [3.63, 3.8) is 0 Å². The Morgan fingerprint density at radius 2 is 1.38 bits per heavy atom. The number of carbonyl (C=O) groups is 2. The Morgan fingerprint density at radius 1 is 0.735 bits per heavy atom. The van der Waals surface area contributed by atoms with E-state index in [1.165, 1.54) is 0 Å². The van der Waals surface area contributed by atoms with Gasteiger partial charge < -0.3 is 19.7 Å². The molecule has 1 saturated heterocycles. The lowest BCUT2D eigenvalue weighted by Crippen LogP contribution is -2.32. The number of rotatable bonds is 8.